The summed E-state index contributed by atoms with van der Waals surface area (Å²) in [5.41, 5.74) is 9.62. The van der Waals surface area contributed by atoms with Gasteiger partial charge < -0.3 is 30.4 Å². The number of carbonyl (C=O) groups excluding carboxylic acids is 2. The van der Waals surface area contributed by atoms with Crippen LogP contribution in [0.1, 0.15) is 20.7 Å². The molecule has 5 rings (SSSR count). The number of imidazole rings is 1. The number of thiazole rings is 1. The van der Waals surface area contributed by atoms with Gasteiger partial charge in [-0.1, -0.05) is 11.3 Å². The highest BCUT2D eigenvalue weighted by Crippen LogP contribution is 2.30. The standard InChI is InChI=1S/C17H12F2N4O2S.C9H12N2O2/c1-23-13-4-3-8(15(24)25-2)5-11(13)20-16(23)22-17-21-12-6-9(18)10(19)7-14(12)26-17;1-11-8-4-3-6(5-7(8)10)9(12)13-2/h3-7H,1-2H3,(H,20,21,22);3-5,11H,10H2,1-2H3. The number of nitrogen functional groups attached to an aromatic ring is 1. The molecule has 4 N–H and O–H groups in total. The van der Waals surface area contributed by atoms with Crippen molar-refractivity contribution in [2.75, 3.05) is 37.6 Å². The third-order valence-electron chi connectivity index (χ3n) is 5.69. The van der Waals surface area contributed by atoms with Crippen molar-refractivity contribution in [3.8, 4) is 0 Å². The highest BCUT2D eigenvalue weighted by Gasteiger charge is 2.15. The Labute approximate surface area is 225 Å². The molecule has 0 amide bonds. The first-order valence-electron chi connectivity index (χ1n) is 11.4. The Balaban J connectivity index is 0.000000229. The number of nitrogens with zero attached hydrogens (tertiary/aromatic N) is 3. The lowest BCUT2D eigenvalue weighted by atomic mass is 10.2. The van der Waals surface area contributed by atoms with E-state index in [1.807, 2.05) is 7.05 Å². The van der Waals surface area contributed by atoms with Crippen LogP contribution in [0.25, 0.3) is 21.3 Å². The van der Waals surface area contributed by atoms with Crippen molar-refractivity contribution in [3.05, 3.63) is 71.3 Å². The zero-order valence-corrected chi connectivity index (χ0v) is 22.2. The Morgan fingerprint density at radius 3 is 2.21 bits per heavy atom. The van der Waals surface area contributed by atoms with Crippen LogP contribution >= 0.6 is 11.3 Å². The third-order valence-corrected chi connectivity index (χ3v) is 6.63. The predicted octanol–water partition coefficient (Wildman–Crippen LogP) is 5.09. The van der Waals surface area contributed by atoms with Crippen molar-refractivity contribution in [3.63, 3.8) is 0 Å². The molecule has 0 bridgehead atoms. The molecular formula is C26H24F2N6O4S. The number of nitrogens with one attached hydrogen (secondary N) is 2. The molecule has 0 fully saturated rings. The molecule has 39 heavy (non-hydrogen) atoms. The van der Waals surface area contributed by atoms with Gasteiger partial charge in [0, 0.05) is 20.2 Å². The van der Waals surface area contributed by atoms with E-state index < -0.39 is 17.6 Å². The first kappa shape index (κ1) is 27.3. The number of hydrogen-bond donors (Lipinski definition) is 3. The Morgan fingerprint density at radius 1 is 0.923 bits per heavy atom. The summed E-state index contributed by atoms with van der Waals surface area (Å²) in [4.78, 5) is 31.4. The van der Waals surface area contributed by atoms with Crippen LogP contribution in [0.5, 0.6) is 0 Å². The molecule has 3 aromatic carbocycles. The van der Waals surface area contributed by atoms with Gasteiger partial charge in [-0.25, -0.2) is 28.3 Å². The minimum Gasteiger partial charge on any atom is -0.465 e. The second-order valence-corrected chi connectivity index (χ2v) is 9.14. The second-order valence-electron chi connectivity index (χ2n) is 8.11. The number of hydrogen-bond acceptors (Lipinski definition) is 10. The number of esters is 2. The first-order chi connectivity index (χ1) is 18.6. The molecule has 2 aromatic heterocycles. The number of aryl methyl sites for hydroxylation is 1. The fraction of sp³-hybridized carbons (Fsp3) is 0.154. The Morgan fingerprint density at radius 2 is 1.56 bits per heavy atom. The normalized spacial score (nSPS) is 10.6. The number of fused-ring (bicyclic) bond motifs is 2. The average molecular weight is 555 g/mol. The molecule has 13 heteroatoms. The molecular weight excluding hydrogens is 530 g/mol. The van der Waals surface area contributed by atoms with Gasteiger partial charge in [-0.15, -0.1) is 0 Å². The molecule has 0 radical (unpaired) electrons. The molecule has 0 aliphatic rings. The molecule has 0 spiro atoms. The summed E-state index contributed by atoms with van der Waals surface area (Å²) in [6.07, 6.45) is 0. The van der Waals surface area contributed by atoms with Crippen molar-refractivity contribution in [1.82, 2.24) is 14.5 Å². The Bertz CT molecular complexity index is 1660. The van der Waals surface area contributed by atoms with E-state index in [1.165, 1.54) is 25.6 Å². The summed E-state index contributed by atoms with van der Waals surface area (Å²) in [7, 11) is 6.23. The van der Waals surface area contributed by atoms with E-state index in [4.69, 9.17) is 10.5 Å². The number of carbonyl (C=O) groups is 2. The molecule has 0 saturated heterocycles. The average Bonchev–Trinajstić information content (AvgIpc) is 3.46. The van der Waals surface area contributed by atoms with Crippen LogP contribution in [0.4, 0.5) is 31.2 Å². The molecule has 0 unspecified atom stereocenters. The summed E-state index contributed by atoms with van der Waals surface area (Å²) >= 11 is 1.19. The number of ether oxygens (including phenoxy) is 2. The van der Waals surface area contributed by atoms with Gasteiger partial charge in [0.2, 0.25) is 5.95 Å². The van der Waals surface area contributed by atoms with Crippen LogP contribution in [-0.4, -0.2) is 47.7 Å². The van der Waals surface area contributed by atoms with Crippen LogP contribution < -0.4 is 16.4 Å². The molecule has 5 aromatic rings. The van der Waals surface area contributed by atoms with Gasteiger partial charge in [0.1, 0.15) is 0 Å². The highest BCUT2D eigenvalue weighted by molar-refractivity contribution is 7.22. The van der Waals surface area contributed by atoms with Crippen molar-refractivity contribution < 1.29 is 27.8 Å². The molecule has 10 nitrogen and oxygen atoms in total. The maximum Gasteiger partial charge on any atom is 0.337 e. The lowest BCUT2D eigenvalue weighted by molar-refractivity contribution is 0.0592. The minimum atomic E-state index is -0.938. The van der Waals surface area contributed by atoms with Gasteiger partial charge in [-0.3, -0.25) is 0 Å². The molecule has 0 aliphatic carbocycles. The summed E-state index contributed by atoms with van der Waals surface area (Å²) in [5.74, 6) is -2.18. The molecule has 0 atom stereocenters. The van der Waals surface area contributed by atoms with Crippen molar-refractivity contribution in [2.24, 2.45) is 7.05 Å². The zero-order valence-electron chi connectivity index (χ0n) is 21.3. The summed E-state index contributed by atoms with van der Waals surface area (Å²) in [5, 5.41) is 6.41. The fourth-order valence-electron chi connectivity index (χ4n) is 3.66. The van der Waals surface area contributed by atoms with Crippen molar-refractivity contribution in [2.45, 2.75) is 0 Å². The number of aromatic nitrogens is 3. The monoisotopic (exact) mass is 554 g/mol. The molecule has 0 saturated carbocycles. The SMILES string of the molecule is CNc1ccc(C(=O)OC)cc1N.COC(=O)c1ccc2c(c1)nc(Nc1nc3cc(F)c(F)cc3s1)n2C. The van der Waals surface area contributed by atoms with E-state index in [0.29, 0.717) is 43.6 Å². The summed E-state index contributed by atoms with van der Waals surface area (Å²) < 4.78 is 38.3. The van der Waals surface area contributed by atoms with Crippen LogP contribution in [0.15, 0.2) is 48.5 Å². The van der Waals surface area contributed by atoms with E-state index >= 15 is 0 Å². The lowest BCUT2D eigenvalue weighted by Crippen LogP contribution is -2.03. The van der Waals surface area contributed by atoms with Crippen LogP contribution in [0.2, 0.25) is 0 Å². The molecule has 0 aliphatic heterocycles. The number of methoxy groups -OCH3 is 2. The zero-order chi connectivity index (χ0) is 28.3. The van der Waals surface area contributed by atoms with E-state index in [1.54, 1.807) is 48.0 Å². The number of rotatable bonds is 5. The largest absolute Gasteiger partial charge is 0.465 e. The summed E-state index contributed by atoms with van der Waals surface area (Å²) in [6, 6.07) is 12.2. The lowest BCUT2D eigenvalue weighted by Gasteiger charge is -2.05. The van der Waals surface area contributed by atoms with Gasteiger partial charge in [0.15, 0.2) is 16.8 Å². The molecule has 202 valence electrons. The van der Waals surface area contributed by atoms with Crippen LogP contribution in [0, 0.1) is 11.6 Å². The van der Waals surface area contributed by atoms with Crippen molar-refractivity contribution in [1.29, 1.82) is 0 Å². The number of benzene rings is 3. The van der Waals surface area contributed by atoms with E-state index in [-0.39, 0.29) is 5.97 Å². The van der Waals surface area contributed by atoms with Gasteiger partial charge >= 0.3 is 11.9 Å². The molecule has 2 heterocycles. The first-order valence-corrected chi connectivity index (χ1v) is 12.2. The maximum absolute atomic E-state index is 13.4. The van der Waals surface area contributed by atoms with E-state index in [2.05, 4.69) is 25.3 Å². The summed E-state index contributed by atoms with van der Waals surface area (Å²) in [6.45, 7) is 0. The van der Waals surface area contributed by atoms with Gasteiger partial charge in [-0.05, 0) is 42.5 Å². The predicted molar refractivity (Wildman–Crippen MR) is 147 cm³/mol. The van der Waals surface area contributed by atoms with E-state index in [0.717, 1.165) is 23.3 Å². The van der Waals surface area contributed by atoms with E-state index in [9.17, 15) is 18.4 Å². The number of halogens is 2. The smallest absolute Gasteiger partial charge is 0.337 e. The van der Waals surface area contributed by atoms with Gasteiger partial charge in [0.05, 0.1) is 58.0 Å². The van der Waals surface area contributed by atoms with Crippen LogP contribution in [-0.2, 0) is 16.5 Å². The van der Waals surface area contributed by atoms with Gasteiger partial charge in [-0.2, -0.15) is 0 Å². The maximum atomic E-state index is 13.4. The quantitative estimate of drug-likeness (QED) is 0.201. The Kier molecular flexibility index (Phi) is 7.91. The van der Waals surface area contributed by atoms with Gasteiger partial charge in [0.25, 0.3) is 0 Å². The minimum absolute atomic E-state index is 0.364. The topological polar surface area (TPSA) is 133 Å². The van der Waals surface area contributed by atoms with Crippen LogP contribution in [0.3, 0.4) is 0 Å². The second kappa shape index (κ2) is 11.3. The Hall–Kier alpha value is -4.78. The fourth-order valence-corrected chi connectivity index (χ4v) is 4.53. The highest BCUT2D eigenvalue weighted by atomic mass is 32.1. The number of anilines is 4. The van der Waals surface area contributed by atoms with Crippen molar-refractivity contribution >= 4 is 67.0 Å². The third kappa shape index (κ3) is 5.72. The number of nitrogens with two attached hydrogens (primary N) is 1.